The number of halogens is 2. The second-order valence-corrected chi connectivity index (χ2v) is 2.74. The van der Waals surface area contributed by atoms with Crippen LogP contribution < -0.4 is 10.2 Å². The van der Waals surface area contributed by atoms with Gasteiger partial charge in [0.1, 0.15) is 12.1 Å². The van der Waals surface area contributed by atoms with Gasteiger partial charge in [-0.2, -0.15) is 15.6 Å². The van der Waals surface area contributed by atoms with Crippen LogP contribution in [-0.4, -0.2) is 12.8 Å². The highest BCUT2D eigenvalue weighted by Gasteiger charge is 2.13. The van der Waals surface area contributed by atoms with Crippen molar-refractivity contribution in [3.05, 3.63) is 23.8 Å². The van der Waals surface area contributed by atoms with Gasteiger partial charge in [0.2, 0.25) is 5.71 Å². The largest absolute Gasteiger partial charge is 0.491 e. The molecule has 1 aromatic rings. The van der Waals surface area contributed by atoms with E-state index in [1.54, 1.807) is 0 Å². The molecular formula is C10H6F2N4O. The molecule has 0 aliphatic heterocycles. The Bertz CT molecular complexity index is 526. The molecule has 86 valence electrons. The minimum absolute atomic E-state index is 0.203. The fraction of sp³-hybridized carbons (Fsp3) is 0.100. The summed E-state index contributed by atoms with van der Waals surface area (Å²) in [6, 6.07) is 5.00. The molecule has 0 aliphatic rings. The molecule has 0 unspecified atom stereocenters. The van der Waals surface area contributed by atoms with Gasteiger partial charge in [-0.25, -0.2) is 8.78 Å². The smallest absolute Gasteiger partial charge is 0.237 e. The number of hydrogen-bond acceptors (Lipinski definition) is 5. The summed E-state index contributed by atoms with van der Waals surface area (Å²) in [5.74, 6) is -2.42. The molecule has 1 aromatic carbocycles. The number of ether oxygens (including phenoxy) is 1. The number of hydrogen-bond donors (Lipinski definition) is 1. The second kappa shape index (κ2) is 5.42. The number of nitrogens with zero attached hydrogens (tertiary/aromatic N) is 3. The monoisotopic (exact) mass is 236 g/mol. The van der Waals surface area contributed by atoms with Crippen molar-refractivity contribution in [1.29, 1.82) is 10.5 Å². The average molecular weight is 236 g/mol. The number of hydrazone groups is 1. The van der Waals surface area contributed by atoms with Crippen LogP contribution in [0.3, 0.4) is 0 Å². The van der Waals surface area contributed by atoms with Gasteiger partial charge in [0.25, 0.3) is 0 Å². The summed E-state index contributed by atoms with van der Waals surface area (Å²) < 4.78 is 31.1. The van der Waals surface area contributed by atoms with E-state index < -0.39 is 23.1 Å². The van der Waals surface area contributed by atoms with Gasteiger partial charge in [-0.1, -0.05) is 0 Å². The fourth-order valence-corrected chi connectivity index (χ4v) is 0.997. The van der Waals surface area contributed by atoms with Crippen LogP contribution in [0.5, 0.6) is 5.75 Å². The summed E-state index contributed by atoms with van der Waals surface area (Å²) >= 11 is 0. The maximum atomic E-state index is 13.5. The third-order valence-electron chi connectivity index (χ3n) is 1.75. The zero-order valence-corrected chi connectivity index (χ0v) is 8.66. The van der Waals surface area contributed by atoms with Gasteiger partial charge >= 0.3 is 0 Å². The maximum absolute atomic E-state index is 13.5. The van der Waals surface area contributed by atoms with E-state index in [1.807, 2.05) is 0 Å². The standard InChI is InChI=1S/C10H6F2N4O/c1-17-10-7(11)2-3-8(9(10)12)16-15-6(4-13)5-14/h2-3,16H,1H3. The Balaban J connectivity index is 3.07. The van der Waals surface area contributed by atoms with Crippen LogP contribution in [-0.2, 0) is 0 Å². The lowest BCUT2D eigenvalue weighted by molar-refractivity contribution is 0.360. The van der Waals surface area contributed by atoms with Crippen molar-refractivity contribution < 1.29 is 13.5 Å². The third-order valence-corrected chi connectivity index (χ3v) is 1.75. The number of nitriles is 2. The first-order valence-corrected chi connectivity index (χ1v) is 4.30. The van der Waals surface area contributed by atoms with Gasteiger partial charge in [0.05, 0.1) is 12.8 Å². The summed E-state index contributed by atoms with van der Waals surface area (Å²) in [5.41, 5.74) is 1.46. The Hall–Kier alpha value is -2.67. The van der Waals surface area contributed by atoms with Crippen molar-refractivity contribution in [2.75, 3.05) is 12.5 Å². The van der Waals surface area contributed by atoms with Crippen molar-refractivity contribution in [3.63, 3.8) is 0 Å². The van der Waals surface area contributed by atoms with E-state index in [1.165, 1.54) is 12.1 Å². The van der Waals surface area contributed by atoms with E-state index >= 15 is 0 Å². The highest BCUT2D eigenvalue weighted by atomic mass is 19.1. The third kappa shape index (κ3) is 2.67. The number of benzene rings is 1. The Morgan fingerprint density at radius 2 is 2.00 bits per heavy atom. The summed E-state index contributed by atoms with van der Waals surface area (Å²) in [4.78, 5) is 0. The summed E-state index contributed by atoms with van der Waals surface area (Å²) in [6.07, 6.45) is 0. The number of anilines is 1. The zero-order chi connectivity index (χ0) is 12.8. The number of nitrogens with one attached hydrogen (secondary N) is 1. The van der Waals surface area contributed by atoms with Crippen LogP contribution in [0.1, 0.15) is 0 Å². The molecule has 1 rings (SSSR count). The van der Waals surface area contributed by atoms with E-state index in [9.17, 15) is 8.78 Å². The summed E-state index contributed by atoms with van der Waals surface area (Å²) in [6.45, 7) is 0. The van der Waals surface area contributed by atoms with Crippen LogP contribution in [0.25, 0.3) is 0 Å². The molecule has 0 aliphatic carbocycles. The molecule has 0 amide bonds. The highest BCUT2D eigenvalue weighted by molar-refractivity contribution is 6.10. The fourth-order valence-electron chi connectivity index (χ4n) is 0.997. The lowest BCUT2D eigenvalue weighted by Gasteiger charge is -2.07. The van der Waals surface area contributed by atoms with Crippen molar-refractivity contribution in [2.45, 2.75) is 0 Å². The van der Waals surface area contributed by atoms with Crippen LogP contribution in [0.2, 0.25) is 0 Å². The molecule has 5 nitrogen and oxygen atoms in total. The highest BCUT2D eigenvalue weighted by Crippen LogP contribution is 2.27. The molecule has 0 saturated heterocycles. The van der Waals surface area contributed by atoms with Crippen LogP contribution in [0, 0.1) is 34.3 Å². The Kier molecular flexibility index (Phi) is 3.96. The molecule has 7 heteroatoms. The normalized spacial score (nSPS) is 8.76. The maximum Gasteiger partial charge on any atom is 0.237 e. The molecular weight excluding hydrogens is 230 g/mol. The van der Waals surface area contributed by atoms with Gasteiger partial charge in [-0.15, -0.1) is 0 Å². The molecule has 0 saturated carbocycles. The molecule has 0 bridgehead atoms. The molecule has 0 spiro atoms. The topological polar surface area (TPSA) is 81.2 Å². The molecule has 0 fully saturated rings. The van der Waals surface area contributed by atoms with Crippen LogP contribution in [0.4, 0.5) is 14.5 Å². The van der Waals surface area contributed by atoms with E-state index in [4.69, 9.17) is 10.5 Å². The van der Waals surface area contributed by atoms with Gasteiger partial charge < -0.3 is 4.74 Å². The van der Waals surface area contributed by atoms with Gasteiger partial charge in [-0.3, -0.25) is 5.43 Å². The van der Waals surface area contributed by atoms with E-state index in [0.717, 1.165) is 19.2 Å². The van der Waals surface area contributed by atoms with E-state index in [2.05, 4.69) is 15.3 Å². The molecule has 0 heterocycles. The summed E-state index contributed by atoms with van der Waals surface area (Å²) in [7, 11) is 1.12. The average Bonchev–Trinajstić information content (AvgIpc) is 2.33. The van der Waals surface area contributed by atoms with Gasteiger partial charge in [0.15, 0.2) is 17.4 Å². The minimum atomic E-state index is -0.994. The van der Waals surface area contributed by atoms with Crippen molar-refractivity contribution in [1.82, 2.24) is 0 Å². The van der Waals surface area contributed by atoms with Crippen molar-refractivity contribution in [3.8, 4) is 17.9 Å². The predicted molar refractivity (Wildman–Crippen MR) is 55.2 cm³/mol. The first-order chi connectivity index (χ1) is 8.13. The number of rotatable bonds is 3. The van der Waals surface area contributed by atoms with Gasteiger partial charge in [0, 0.05) is 0 Å². The Morgan fingerprint density at radius 1 is 1.35 bits per heavy atom. The van der Waals surface area contributed by atoms with Crippen molar-refractivity contribution in [2.24, 2.45) is 5.10 Å². The van der Waals surface area contributed by atoms with Crippen LogP contribution in [0.15, 0.2) is 17.2 Å². The molecule has 1 N–H and O–H groups in total. The molecule has 0 aromatic heterocycles. The van der Waals surface area contributed by atoms with Gasteiger partial charge in [-0.05, 0) is 12.1 Å². The molecule has 0 radical (unpaired) electrons. The SMILES string of the molecule is COc1c(F)ccc(NN=C(C#N)C#N)c1F. The second-order valence-electron chi connectivity index (χ2n) is 2.74. The Morgan fingerprint density at radius 3 is 2.53 bits per heavy atom. The zero-order valence-electron chi connectivity index (χ0n) is 8.66. The van der Waals surface area contributed by atoms with E-state index in [0.29, 0.717) is 0 Å². The summed E-state index contributed by atoms with van der Waals surface area (Å²) in [5, 5.41) is 20.1. The lowest BCUT2D eigenvalue weighted by Crippen LogP contribution is -2.01. The van der Waals surface area contributed by atoms with Crippen LogP contribution >= 0.6 is 0 Å². The lowest BCUT2D eigenvalue weighted by atomic mass is 10.3. The first-order valence-electron chi connectivity index (χ1n) is 4.30. The molecule has 0 atom stereocenters. The van der Waals surface area contributed by atoms with Crippen molar-refractivity contribution >= 4 is 11.4 Å². The molecule has 17 heavy (non-hydrogen) atoms. The number of methoxy groups -OCH3 is 1. The first kappa shape index (κ1) is 12.4. The van der Waals surface area contributed by atoms with E-state index in [-0.39, 0.29) is 5.69 Å². The minimum Gasteiger partial charge on any atom is -0.491 e. The Labute approximate surface area is 95.5 Å². The predicted octanol–water partition coefficient (Wildman–Crippen LogP) is 1.79. The quantitative estimate of drug-likeness (QED) is 0.640.